The number of methoxy groups -OCH3 is 1. The Balaban J connectivity index is 1.72. The fourth-order valence-corrected chi connectivity index (χ4v) is 3.67. The van der Waals surface area contributed by atoms with Crippen LogP contribution in [0.25, 0.3) is 0 Å². The van der Waals surface area contributed by atoms with Crippen molar-refractivity contribution in [1.82, 2.24) is 10.6 Å². The van der Waals surface area contributed by atoms with Gasteiger partial charge < -0.3 is 20.1 Å². The van der Waals surface area contributed by atoms with Crippen molar-refractivity contribution in [2.45, 2.75) is 31.5 Å². The van der Waals surface area contributed by atoms with Crippen LogP contribution in [0.5, 0.6) is 0 Å². The Labute approximate surface area is 209 Å². The van der Waals surface area contributed by atoms with E-state index in [1.807, 2.05) is 60.7 Å². The number of nitrogens with one attached hydrogen (secondary N) is 2. The van der Waals surface area contributed by atoms with E-state index in [1.54, 1.807) is 24.3 Å². The number of benzene rings is 3. The second-order valence-electron chi connectivity index (χ2n) is 7.83. The number of carbonyl (C=O) groups is 3. The van der Waals surface area contributed by atoms with Crippen LogP contribution in [0.4, 0.5) is 4.79 Å². The molecule has 7 nitrogen and oxygen atoms in total. The van der Waals surface area contributed by atoms with Gasteiger partial charge in [0.25, 0.3) is 0 Å². The minimum absolute atomic E-state index is 0.0592. The van der Waals surface area contributed by atoms with Crippen LogP contribution in [0.15, 0.2) is 84.9 Å². The summed E-state index contributed by atoms with van der Waals surface area (Å²) in [4.78, 5) is 38.2. The minimum atomic E-state index is -0.993. The lowest BCUT2D eigenvalue weighted by molar-refractivity contribution is -0.145. The number of hydrogen-bond donors (Lipinski definition) is 2. The molecule has 2 amide bonds. The van der Waals surface area contributed by atoms with E-state index in [1.165, 1.54) is 7.11 Å². The lowest BCUT2D eigenvalue weighted by Gasteiger charge is -2.22. The molecule has 3 aromatic carbocycles. The van der Waals surface area contributed by atoms with Gasteiger partial charge in [0, 0.05) is 17.9 Å². The van der Waals surface area contributed by atoms with Crippen molar-refractivity contribution in [3.8, 4) is 0 Å². The van der Waals surface area contributed by atoms with Crippen LogP contribution in [0.2, 0.25) is 5.02 Å². The summed E-state index contributed by atoms with van der Waals surface area (Å²) < 4.78 is 10.2. The molecule has 8 heteroatoms. The Morgan fingerprint density at radius 2 is 1.37 bits per heavy atom. The van der Waals surface area contributed by atoms with E-state index in [2.05, 4.69) is 10.6 Å². The van der Waals surface area contributed by atoms with Crippen LogP contribution in [0.3, 0.4) is 0 Å². The van der Waals surface area contributed by atoms with Gasteiger partial charge in [-0.25, -0.2) is 9.59 Å². The van der Waals surface area contributed by atoms with Gasteiger partial charge >= 0.3 is 12.1 Å². The molecule has 0 spiro atoms. The molecular weight excluding hydrogens is 468 g/mol. The van der Waals surface area contributed by atoms with E-state index in [-0.39, 0.29) is 19.4 Å². The van der Waals surface area contributed by atoms with Crippen LogP contribution < -0.4 is 10.6 Å². The third-order valence-corrected chi connectivity index (χ3v) is 5.66. The van der Waals surface area contributed by atoms with Gasteiger partial charge in [0.15, 0.2) is 0 Å². The standard InChI is InChI=1S/C27H27ClN2O5/c1-34-26(32)24(17-21-14-8-9-15-22(21)28)29-25(31)23(16-19-10-4-2-5-11-19)30-27(33)35-18-20-12-6-3-7-13-20/h2-15,23-24H,16-18H2,1H3,(H,29,31)(H,30,33)/t23-,24-/m0/s1. The largest absolute Gasteiger partial charge is 0.467 e. The van der Waals surface area contributed by atoms with Crippen LogP contribution in [0.1, 0.15) is 16.7 Å². The van der Waals surface area contributed by atoms with E-state index in [0.29, 0.717) is 10.6 Å². The summed E-state index contributed by atoms with van der Waals surface area (Å²) in [6.07, 6.45) is -0.410. The fourth-order valence-electron chi connectivity index (χ4n) is 3.46. The van der Waals surface area contributed by atoms with Crippen molar-refractivity contribution in [3.63, 3.8) is 0 Å². The summed E-state index contributed by atoms with van der Waals surface area (Å²) in [7, 11) is 1.24. The molecule has 0 aliphatic rings. The molecule has 0 radical (unpaired) electrons. The second-order valence-corrected chi connectivity index (χ2v) is 8.24. The van der Waals surface area contributed by atoms with Gasteiger partial charge in [-0.1, -0.05) is 90.5 Å². The molecule has 2 N–H and O–H groups in total. The SMILES string of the molecule is COC(=O)[C@H](Cc1ccccc1Cl)NC(=O)[C@H](Cc1ccccc1)NC(=O)OCc1ccccc1. The van der Waals surface area contributed by atoms with Crippen LogP contribution >= 0.6 is 11.6 Å². The molecule has 0 aliphatic heterocycles. The first-order valence-corrected chi connectivity index (χ1v) is 11.5. The maximum atomic E-state index is 13.2. The monoisotopic (exact) mass is 494 g/mol. The summed E-state index contributed by atoms with van der Waals surface area (Å²) >= 11 is 6.24. The first-order valence-electron chi connectivity index (χ1n) is 11.1. The molecule has 35 heavy (non-hydrogen) atoms. The van der Waals surface area contributed by atoms with Gasteiger partial charge in [0.05, 0.1) is 7.11 Å². The summed E-state index contributed by atoms with van der Waals surface area (Å²) in [5.74, 6) is -1.17. The Hall–Kier alpha value is -3.84. The molecule has 0 heterocycles. The maximum absolute atomic E-state index is 13.2. The zero-order chi connectivity index (χ0) is 25.0. The highest BCUT2D eigenvalue weighted by molar-refractivity contribution is 6.31. The normalized spacial score (nSPS) is 12.2. The summed E-state index contributed by atoms with van der Waals surface area (Å²) in [6, 6.07) is 23.5. The number of ether oxygens (including phenoxy) is 2. The van der Waals surface area contributed by atoms with Gasteiger partial charge in [-0.05, 0) is 22.8 Å². The molecule has 0 saturated carbocycles. The smallest absolute Gasteiger partial charge is 0.408 e. The van der Waals surface area contributed by atoms with Crippen molar-refractivity contribution in [3.05, 3.63) is 107 Å². The number of esters is 1. The molecule has 3 aromatic rings. The maximum Gasteiger partial charge on any atom is 0.408 e. The first-order chi connectivity index (χ1) is 17.0. The number of hydrogen-bond acceptors (Lipinski definition) is 5. The molecule has 3 rings (SSSR count). The van der Waals surface area contributed by atoms with E-state index in [9.17, 15) is 14.4 Å². The zero-order valence-corrected chi connectivity index (χ0v) is 20.0. The van der Waals surface area contributed by atoms with Gasteiger partial charge in [0.2, 0.25) is 5.91 Å². The van der Waals surface area contributed by atoms with Gasteiger partial charge in [-0.3, -0.25) is 4.79 Å². The Bertz CT molecular complexity index is 1120. The van der Waals surface area contributed by atoms with Crippen molar-refractivity contribution in [2.24, 2.45) is 0 Å². The third-order valence-electron chi connectivity index (χ3n) is 5.29. The molecule has 0 saturated heterocycles. The Morgan fingerprint density at radius 1 is 0.771 bits per heavy atom. The topological polar surface area (TPSA) is 93.7 Å². The molecule has 2 atom stereocenters. The van der Waals surface area contributed by atoms with Crippen molar-refractivity contribution >= 4 is 29.6 Å². The van der Waals surface area contributed by atoms with Gasteiger partial charge in [0.1, 0.15) is 18.7 Å². The van der Waals surface area contributed by atoms with Gasteiger partial charge in [-0.2, -0.15) is 0 Å². The second kappa shape index (κ2) is 13.2. The summed E-state index contributed by atoms with van der Waals surface area (Å²) in [5.41, 5.74) is 2.33. The molecule has 0 unspecified atom stereocenters. The Kier molecular flexibility index (Phi) is 9.69. The molecule has 0 aromatic heterocycles. The summed E-state index contributed by atoms with van der Waals surface area (Å²) in [6.45, 7) is 0.0592. The lowest BCUT2D eigenvalue weighted by atomic mass is 10.0. The lowest BCUT2D eigenvalue weighted by Crippen LogP contribution is -2.53. The predicted octanol–water partition coefficient (Wildman–Crippen LogP) is 4.08. The van der Waals surface area contributed by atoms with E-state index < -0.39 is 30.1 Å². The number of rotatable bonds is 10. The van der Waals surface area contributed by atoms with Gasteiger partial charge in [-0.15, -0.1) is 0 Å². The summed E-state index contributed by atoms with van der Waals surface area (Å²) in [5, 5.41) is 5.79. The average Bonchev–Trinajstić information content (AvgIpc) is 2.88. The van der Waals surface area contributed by atoms with Crippen molar-refractivity contribution in [1.29, 1.82) is 0 Å². The number of halogens is 1. The first kappa shape index (κ1) is 25.8. The van der Waals surface area contributed by atoms with Crippen LogP contribution in [-0.4, -0.2) is 37.2 Å². The molecule has 0 fully saturated rings. The number of carbonyl (C=O) groups excluding carboxylic acids is 3. The van der Waals surface area contributed by atoms with E-state index >= 15 is 0 Å². The van der Waals surface area contributed by atoms with E-state index in [0.717, 1.165) is 11.1 Å². The molecule has 0 bridgehead atoms. The Morgan fingerprint density at radius 3 is 2.00 bits per heavy atom. The molecular formula is C27H27ClN2O5. The van der Waals surface area contributed by atoms with Crippen molar-refractivity contribution < 1.29 is 23.9 Å². The van der Waals surface area contributed by atoms with Crippen LogP contribution in [0, 0.1) is 0 Å². The number of amides is 2. The zero-order valence-electron chi connectivity index (χ0n) is 19.3. The van der Waals surface area contributed by atoms with Crippen LogP contribution in [-0.2, 0) is 38.5 Å². The highest BCUT2D eigenvalue weighted by atomic mass is 35.5. The van der Waals surface area contributed by atoms with Crippen molar-refractivity contribution in [2.75, 3.05) is 7.11 Å². The predicted molar refractivity (Wildman–Crippen MR) is 133 cm³/mol. The quantitative estimate of drug-likeness (QED) is 0.414. The van der Waals surface area contributed by atoms with E-state index in [4.69, 9.17) is 21.1 Å². The number of alkyl carbamates (subject to hydrolysis) is 1. The third kappa shape index (κ3) is 8.15. The molecule has 182 valence electrons. The highest BCUT2D eigenvalue weighted by Crippen LogP contribution is 2.17. The molecule has 0 aliphatic carbocycles. The average molecular weight is 495 g/mol. The highest BCUT2D eigenvalue weighted by Gasteiger charge is 2.28. The minimum Gasteiger partial charge on any atom is -0.467 e. The fraction of sp³-hybridized carbons (Fsp3) is 0.222.